The standard InChI is InChI=1S/C18H14O3S2/c19-22(15-8-3-1-4-9-15)16-10-7-13-18(14-16)23(20,21)17-11-5-2-6-12-17/h1-14H. The fourth-order valence-electron chi connectivity index (χ4n) is 2.17. The summed E-state index contributed by atoms with van der Waals surface area (Å²) in [5.74, 6) is 0. The molecule has 0 aliphatic rings. The first kappa shape index (κ1) is 15.6. The molecule has 0 fully saturated rings. The van der Waals surface area contributed by atoms with Crippen LogP contribution in [0.3, 0.4) is 0 Å². The van der Waals surface area contributed by atoms with Crippen molar-refractivity contribution in [1.29, 1.82) is 0 Å². The van der Waals surface area contributed by atoms with E-state index in [4.69, 9.17) is 0 Å². The lowest BCUT2D eigenvalue weighted by Crippen LogP contribution is -2.03. The Bertz CT molecular complexity index is 934. The van der Waals surface area contributed by atoms with E-state index in [0.29, 0.717) is 9.79 Å². The van der Waals surface area contributed by atoms with Crippen LogP contribution in [0.4, 0.5) is 0 Å². The molecular weight excluding hydrogens is 328 g/mol. The minimum Gasteiger partial charge on any atom is -0.249 e. The van der Waals surface area contributed by atoms with Gasteiger partial charge in [0.05, 0.1) is 20.6 Å². The van der Waals surface area contributed by atoms with E-state index in [1.807, 2.05) is 6.07 Å². The van der Waals surface area contributed by atoms with Crippen molar-refractivity contribution in [3.05, 3.63) is 84.9 Å². The number of rotatable bonds is 4. The molecule has 0 amide bonds. The van der Waals surface area contributed by atoms with Gasteiger partial charge in [-0.3, -0.25) is 0 Å². The zero-order chi connectivity index (χ0) is 16.3. The molecule has 0 aliphatic carbocycles. The highest BCUT2D eigenvalue weighted by Gasteiger charge is 2.18. The number of benzene rings is 3. The molecular formula is C18H14O3S2. The second-order valence-electron chi connectivity index (χ2n) is 4.87. The molecule has 1 atom stereocenters. The van der Waals surface area contributed by atoms with Crippen LogP contribution in [-0.2, 0) is 20.6 Å². The monoisotopic (exact) mass is 342 g/mol. The van der Waals surface area contributed by atoms with Gasteiger partial charge in [0.25, 0.3) is 0 Å². The molecule has 0 aromatic heterocycles. The average molecular weight is 342 g/mol. The molecule has 0 heterocycles. The summed E-state index contributed by atoms with van der Waals surface area (Å²) in [6.07, 6.45) is 0. The van der Waals surface area contributed by atoms with E-state index in [0.717, 1.165) is 0 Å². The second kappa shape index (κ2) is 6.48. The lowest BCUT2D eigenvalue weighted by atomic mass is 10.4. The van der Waals surface area contributed by atoms with Crippen LogP contribution in [0.1, 0.15) is 0 Å². The molecule has 116 valence electrons. The smallest absolute Gasteiger partial charge is 0.206 e. The lowest BCUT2D eigenvalue weighted by molar-refractivity contribution is 0.596. The number of hydrogen-bond acceptors (Lipinski definition) is 3. The summed E-state index contributed by atoms with van der Waals surface area (Å²) in [6, 6.07) is 23.5. The van der Waals surface area contributed by atoms with E-state index in [-0.39, 0.29) is 9.79 Å². The summed E-state index contributed by atoms with van der Waals surface area (Å²) in [5, 5.41) is 0. The maximum atomic E-state index is 12.6. The maximum Gasteiger partial charge on any atom is 0.206 e. The van der Waals surface area contributed by atoms with Gasteiger partial charge in [0.2, 0.25) is 9.84 Å². The van der Waals surface area contributed by atoms with Gasteiger partial charge in [-0.25, -0.2) is 12.6 Å². The SMILES string of the molecule is O=S(c1ccccc1)c1cccc(S(=O)(=O)c2ccccc2)c1. The van der Waals surface area contributed by atoms with E-state index in [2.05, 4.69) is 0 Å². The largest absolute Gasteiger partial charge is 0.249 e. The van der Waals surface area contributed by atoms with Crippen molar-refractivity contribution >= 4 is 20.6 Å². The Morgan fingerprint density at radius 2 is 1.13 bits per heavy atom. The minimum atomic E-state index is -3.61. The van der Waals surface area contributed by atoms with Crippen LogP contribution in [0.15, 0.2) is 105 Å². The molecule has 0 aliphatic heterocycles. The molecule has 0 saturated carbocycles. The van der Waals surface area contributed by atoms with Crippen molar-refractivity contribution in [1.82, 2.24) is 0 Å². The normalized spacial score (nSPS) is 12.7. The van der Waals surface area contributed by atoms with Crippen LogP contribution >= 0.6 is 0 Å². The van der Waals surface area contributed by atoms with Gasteiger partial charge in [-0.2, -0.15) is 0 Å². The van der Waals surface area contributed by atoms with Crippen molar-refractivity contribution in [3.63, 3.8) is 0 Å². The molecule has 5 heteroatoms. The topological polar surface area (TPSA) is 51.2 Å². The summed E-state index contributed by atoms with van der Waals surface area (Å²) in [5.41, 5.74) is 0. The van der Waals surface area contributed by atoms with E-state index < -0.39 is 20.6 Å². The zero-order valence-corrected chi connectivity index (χ0v) is 13.8. The van der Waals surface area contributed by atoms with Gasteiger partial charge < -0.3 is 0 Å². The fraction of sp³-hybridized carbons (Fsp3) is 0. The van der Waals surface area contributed by atoms with Gasteiger partial charge in [0.15, 0.2) is 0 Å². The highest BCUT2D eigenvalue weighted by Crippen LogP contribution is 2.24. The van der Waals surface area contributed by atoms with E-state index in [9.17, 15) is 12.6 Å². The van der Waals surface area contributed by atoms with Crippen LogP contribution < -0.4 is 0 Å². The van der Waals surface area contributed by atoms with Crippen molar-refractivity contribution in [3.8, 4) is 0 Å². The van der Waals surface area contributed by atoms with Gasteiger partial charge in [0, 0.05) is 9.79 Å². The number of sulfone groups is 1. The molecule has 0 bridgehead atoms. The Morgan fingerprint density at radius 1 is 0.609 bits per heavy atom. The third-order valence-corrected chi connectivity index (χ3v) is 6.49. The number of hydrogen-bond donors (Lipinski definition) is 0. The summed E-state index contributed by atoms with van der Waals surface area (Å²) in [7, 11) is -5.02. The average Bonchev–Trinajstić information content (AvgIpc) is 2.62. The van der Waals surface area contributed by atoms with Gasteiger partial charge in [-0.05, 0) is 42.5 Å². The molecule has 3 nitrogen and oxygen atoms in total. The molecule has 0 saturated heterocycles. The minimum absolute atomic E-state index is 0.144. The zero-order valence-electron chi connectivity index (χ0n) is 12.1. The molecule has 0 N–H and O–H groups in total. The maximum absolute atomic E-state index is 12.6. The van der Waals surface area contributed by atoms with E-state index >= 15 is 0 Å². The predicted octanol–water partition coefficient (Wildman–Crippen LogP) is 3.69. The van der Waals surface area contributed by atoms with Crippen molar-refractivity contribution in [2.75, 3.05) is 0 Å². The first-order chi connectivity index (χ1) is 11.1. The summed E-state index contributed by atoms with van der Waals surface area (Å²) in [6.45, 7) is 0. The first-order valence-corrected chi connectivity index (χ1v) is 9.59. The summed E-state index contributed by atoms with van der Waals surface area (Å²) < 4.78 is 37.9. The second-order valence-corrected chi connectivity index (χ2v) is 8.30. The third-order valence-electron chi connectivity index (χ3n) is 3.34. The van der Waals surface area contributed by atoms with Crippen molar-refractivity contribution in [2.45, 2.75) is 19.6 Å². The van der Waals surface area contributed by atoms with Crippen LogP contribution in [0.5, 0.6) is 0 Å². The van der Waals surface area contributed by atoms with Crippen LogP contribution in [0.25, 0.3) is 0 Å². The van der Waals surface area contributed by atoms with E-state index in [1.54, 1.807) is 66.7 Å². The van der Waals surface area contributed by atoms with Crippen molar-refractivity contribution < 1.29 is 12.6 Å². The van der Waals surface area contributed by atoms with Crippen molar-refractivity contribution in [2.24, 2.45) is 0 Å². The van der Waals surface area contributed by atoms with Gasteiger partial charge in [-0.1, -0.05) is 42.5 Å². The van der Waals surface area contributed by atoms with Crippen LogP contribution in [0, 0.1) is 0 Å². The highest BCUT2D eigenvalue weighted by atomic mass is 32.2. The summed E-state index contributed by atoms with van der Waals surface area (Å²) in [4.78, 5) is 1.48. The van der Waals surface area contributed by atoms with Crippen LogP contribution in [0.2, 0.25) is 0 Å². The first-order valence-electron chi connectivity index (χ1n) is 6.96. The molecule has 3 rings (SSSR count). The molecule has 0 spiro atoms. The Morgan fingerprint density at radius 3 is 1.78 bits per heavy atom. The Balaban J connectivity index is 2.03. The molecule has 1 unspecified atom stereocenters. The molecule has 23 heavy (non-hydrogen) atoms. The highest BCUT2D eigenvalue weighted by molar-refractivity contribution is 7.91. The van der Waals surface area contributed by atoms with E-state index in [1.165, 1.54) is 12.1 Å². The van der Waals surface area contributed by atoms with Gasteiger partial charge >= 0.3 is 0 Å². The molecule has 3 aromatic carbocycles. The van der Waals surface area contributed by atoms with Gasteiger partial charge in [0.1, 0.15) is 0 Å². The molecule has 3 aromatic rings. The fourth-order valence-corrected chi connectivity index (χ4v) is 4.69. The third kappa shape index (κ3) is 3.25. The summed E-state index contributed by atoms with van der Waals surface area (Å²) >= 11 is 0. The van der Waals surface area contributed by atoms with Gasteiger partial charge in [-0.15, -0.1) is 0 Å². The van der Waals surface area contributed by atoms with Crippen LogP contribution in [-0.4, -0.2) is 12.6 Å². The Hall–Kier alpha value is -2.24. The lowest BCUT2D eigenvalue weighted by Gasteiger charge is -2.07. The quantitative estimate of drug-likeness (QED) is 0.727. The Labute approximate surface area is 138 Å². The predicted molar refractivity (Wildman–Crippen MR) is 89.5 cm³/mol. The molecule has 0 radical (unpaired) electrons. The Kier molecular flexibility index (Phi) is 4.41.